The number of rotatable bonds is 2. The maximum absolute atomic E-state index is 2.47. The predicted octanol–water partition coefficient (Wildman–Crippen LogP) is 3.83. The maximum Gasteiger partial charge on any atom is 0.0940 e. The molecule has 1 rings (SSSR count). The Hall–Kier alpha value is -0.0400. The summed E-state index contributed by atoms with van der Waals surface area (Å²) in [6.45, 7) is 15.9. The quantitative estimate of drug-likeness (QED) is 0.610. The van der Waals surface area contributed by atoms with Gasteiger partial charge < -0.3 is 4.48 Å². The topological polar surface area (TPSA) is 0 Å². The number of nitrogens with zero attached hydrogens (tertiary/aromatic N) is 1. The van der Waals surface area contributed by atoms with Gasteiger partial charge in [0.15, 0.2) is 0 Å². The average Bonchev–Trinajstić information content (AvgIpc) is 1.99. The van der Waals surface area contributed by atoms with Crippen LogP contribution in [-0.2, 0) is 0 Å². The van der Waals surface area contributed by atoms with Crippen molar-refractivity contribution in [2.75, 3.05) is 13.6 Å². The first-order chi connectivity index (χ1) is 6.66. The fourth-order valence-electron chi connectivity index (χ4n) is 4.05. The zero-order valence-corrected chi connectivity index (χ0v) is 11.9. The summed E-state index contributed by atoms with van der Waals surface area (Å²) in [5.41, 5.74) is 0.856. The van der Waals surface area contributed by atoms with Gasteiger partial charge in [-0.15, -0.1) is 0 Å². The standard InChI is InChI=1S/C14H30N/c1-8-9-15(7)13(3,4)10-12(2)11-14(15,5)6/h12H,8-11H2,1-7H3/q+1. The lowest BCUT2D eigenvalue weighted by Crippen LogP contribution is -2.72. The zero-order chi connectivity index (χ0) is 11.9. The van der Waals surface area contributed by atoms with E-state index in [9.17, 15) is 0 Å². The Morgan fingerprint density at radius 3 is 1.80 bits per heavy atom. The molecule has 0 amide bonds. The van der Waals surface area contributed by atoms with Gasteiger partial charge in [-0.3, -0.25) is 0 Å². The Labute approximate surface area is 96.4 Å². The van der Waals surface area contributed by atoms with Crippen LogP contribution in [0.25, 0.3) is 0 Å². The summed E-state index contributed by atoms with van der Waals surface area (Å²) in [4.78, 5) is 0. The summed E-state index contributed by atoms with van der Waals surface area (Å²) in [5.74, 6) is 0.873. The summed E-state index contributed by atoms with van der Waals surface area (Å²) in [6, 6.07) is 0. The summed E-state index contributed by atoms with van der Waals surface area (Å²) in [6.07, 6.45) is 4.03. The van der Waals surface area contributed by atoms with Gasteiger partial charge in [-0.2, -0.15) is 0 Å². The molecule has 1 heterocycles. The Kier molecular flexibility index (Phi) is 3.27. The summed E-state index contributed by atoms with van der Waals surface area (Å²) in [7, 11) is 2.47. The Bertz CT molecular complexity index is 209. The van der Waals surface area contributed by atoms with E-state index in [4.69, 9.17) is 0 Å². The molecule has 0 aromatic heterocycles. The van der Waals surface area contributed by atoms with E-state index in [1.165, 1.54) is 30.3 Å². The Morgan fingerprint density at radius 2 is 1.47 bits per heavy atom. The Morgan fingerprint density at radius 1 is 1.07 bits per heavy atom. The molecule has 0 saturated carbocycles. The molecule has 0 radical (unpaired) electrons. The van der Waals surface area contributed by atoms with Crippen molar-refractivity contribution >= 4 is 0 Å². The molecule has 0 atom stereocenters. The van der Waals surface area contributed by atoms with E-state index in [1.54, 1.807) is 0 Å². The van der Waals surface area contributed by atoms with Gasteiger partial charge in [0.25, 0.3) is 0 Å². The van der Waals surface area contributed by atoms with Crippen molar-refractivity contribution in [3.05, 3.63) is 0 Å². The predicted molar refractivity (Wildman–Crippen MR) is 67.9 cm³/mol. The minimum atomic E-state index is 0.428. The van der Waals surface area contributed by atoms with Crippen molar-refractivity contribution < 1.29 is 4.48 Å². The minimum absolute atomic E-state index is 0.428. The van der Waals surface area contributed by atoms with Crippen LogP contribution in [0.4, 0.5) is 0 Å². The highest BCUT2D eigenvalue weighted by Gasteiger charge is 2.54. The van der Waals surface area contributed by atoms with E-state index < -0.39 is 0 Å². The van der Waals surface area contributed by atoms with Crippen LogP contribution in [0.5, 0.6) is 0 Å². The Balaban J connectivity index is 3.07. The molecule has 1 aliphatic rings. The first kappa shape index (κ1) is 13.0. The smallest absolute Gasteiger partial charge is 0.0940 e. The molecule has 1 saturated heterocycles. The summed E-state index contributed by atoms with van der Waals surface area (Å²) < 4.78 is 1.24. The molecule has 90 valence electrons. The third kappa shape index (κ3) is 1.95. The van der Waals surface area contributed by atoms with Crippen molar-refractivity contribution in [1.29, 1.82) is 0 Å². The first-order valence-corrected chi connectivity index (χ1v) is 6.52. The van der Waals surface area contributed by atoms with E-state index in [2.05, 4.69) is 48.6 Å². The minimum Gasteiger partial charge on any atom is -0.317 e. The van der Waals surface area contributed by atoms with E-state index >= 15 is 0 Å². The molecule has 1 heteroatoms. The van der Waals surface area contributed by atoms with Crippen LogP contribution in [0.1, 0.15) is 60.8 Å². The lowest BCUT2D eigenvalue weighted by molar-refractivity contribution is -1.00. The second-order valence-corrected chi connectivity index (χ2v) is 7.05. The van der Waals surface area contributed by atoms with Crippen LogP contribution >= 0.6 is 0 Å². The SMILES string of the molecule is CCC[N+]1(C)C(C)(C)CC(C)CC1(C)C. The number of quaternary nitrogens is 1. The van der Waals surface area contributed by atoms with E-state index in [1.807, 2.05) is 0 Å². The van der Waals surface area contributed by atoms with Gasteiger partial charge in [0.05, 0.1) is 24.7 Å². The van der Waals surface area contributed by atoms with Crippen molar-refractivity contribution in [2.45, 2.75) is 71.9 Å². The van der Waals surface area contributed by atoms with Crippen LogP contribution in [0.3, 0.4) is 0 Å². The molecule has 0 unspecified atom stereocenters. The number of hydrogen-bond donors (Lipinski definition) is 0. The molecule has 0 aromatic carbocycles. The molecule has 0 bridgehead atoms. The van der Waals surface area contributed by atoms with Gasteiger partial charge in [-0.1, -0.05) is 13.8 Å². The third-order valence-electron chi connectivity index (χ3n) is 5.04. The lowest BCUT2D eigenvalue weighted by Gasteiger charge is -2.61. The van der Waals surface area contributed by atoms with Crippen molar-refractivity contribution in [3.63, 3.8) is 0 Å². The molecule has 15 heavy (non-hydrogen) atoms. The van der Waals surface area contributed by atoms with E-state index in [-0.39, 0.29) is 0 Å². The van der Waals surface area contributed by atoms with Gasteiger partial charge in [-0.05, 0) is 40.0 Å². The number of hydrogen-bond acceptors (Lipinski definition) is 0. The highest BCUT2D eigenvalue weighted by Crippen LogP contribution is 2.46. The van der Waals surface area contributed by atoms with Gasteiger partial charge in [0.1, 0.15) is 0 Å². The number of piperidine rings is 1. The first-order valence-electron chi connectivity index (χ1n) is 6.52. The molecule has 0 aromatic rings. The van der Waals surface area contributed by atoms with Crippen molar-refractivity contribution in [1.82, 2.24) is 0 Å². The molecular weight excluding hydrogens is 182 g/mol. The van der Waals surface area contributed by atoms with Crippen LogP contribution in [0.2, 0.25) is 0 Å². The third-order valence-corrected chi connectivity index (χ3v) is 5.04. The summed E-state index contributed by atoms with van der Waals surface area (Å²) in [5, 5.41) is 0. The van der Waals surface area contributed by atoms with Crippen molar-refractivity contribution in [3.8, 4) is 0 Å². The normalized spacial score (nSPS) is 39.0. The van der Waals surface area contributed by atoms with Crippen LogP contribution in [-0.4, -0.2) is 29.2 Å². The second kappa shape index (κ2) is 3.76. The van der Waals surface area contributed by atoms with Crippen LogP contribution in [0.15, 0.2) is 0 Å². The van der Waals surface area contributed by atoms with Crippen LogP contribution in [0, 0.1) is 5.92 Å². The fraction of sp³-hybridized carbons (Fsp3) is 1.00. The lowest BCUT2D eigenvalue weighted by atomic mass is 9.72. The molecule has 0 N–H and O–H groups in total. The molecule has 1 nitrogen and oxygen atoms in total. The van der Waals surface area contributed by atoms with Gasteiger partial charge in [0, 0.05) is 12.8 Å². The summed E-state index contributed by atoms with van der Waals surface area (Å²) >= 11 is 0. The monoisotopic (exact) mass is 212 g/mol. The highest BCUT2D eigenvalue weighted by atomic mass is 15.4. The fourth-order valence-corrected chi connectivity index (χ4v) is 4.05. The van der Waals surface area contributed by atoms with E-state index in [0.717, 1.165) is 5.92 Å². The van der Waals surface area contributed by atoms with E-state index in [0.29, 0.717) is 11.1 Å². The molecule has 1 aliphatic heterocycles. The average molecular weight is 212 g/mol. The maximum atomic E-state index is 2.47. The number of likely N-dealkylation sites (tertiary alicyclic amines) is 1. The van der Waals surface area contributed by atoms with Gasteiger partial charge in [-0.25, -0.2) is 0 Å². The molecular formula is C14H30N+. The van der Waals surface area contributed by atoms with Gasteiger partial charge >= 0.3 is 0 Å². The zero-order valence-electron chi connectivity index (χ0n) is 11.9. The van der Waals surface area contributed by atoms with Crippen molar-refractivity contribution in [2.24, 2.45) is 5.92 Å². The molecule has 0 spiro atoms. The molecule has 1 fully saturated rings. The molecule has 0 aliphatic carbocycles. The highest BCUT2D eigenvalue weighted by molar-refractivity contribution is 4.88. The van der Waals surface area contributed by atoms with Gasteiger partial charge in [0.2, 0.25) is 0 Å². The second-order valence-electron chi connectivity index (χ2n) is 7.05. The van der Waals surface area contributed by atoms with Crippen LogP contribution < -0.4 is 0 Å². The largest absolute Gasteiger partial charge is 0.317 e.